The molecule has 1 aromatic heterocycles. The van der Waals surface area contributed by atoms with Crippen molar-refractivity contribution in [2.75, 3.05) is 0 Å². The fourth-order valence-corrected chi connectivity index (χ4v) is 3.87. The molecule has 0 fully saturated rings. The van der Waals surface area contributed by atoms with Crippen LogP contribution in [0.4, 0.5) is 0 Å². The monoisotopic (exact) mass is 361 g/mol. The topological polar surface area (TPSA) is 32.3 Å². The van der Waals surface area contributed by atoms with Crippen LogP contribution in [0, 0.1) is 0 Å². The van der Waals surface area contributed by atoms with Crippen LogP contribution in [-0.4, -0.2) is 5.11 Å². The summed E-state index contributed by atoms with van der Waals surface area (Å²) in [5.41, 5.74) is 0.932. The smallest absolute Gasteiger partial charge is 0.128 e. The molecule has 0 saturated carbocycles. The third kappa shape index (κ3) is 2.98. The van der Waals surface area contributed by atoms with Gasteiger partial charge >= 0.3 is 0 Å². The number of hydrogen-bond donors (Lipinski definition) is 2. The molecule has 3 rings (SSSR count). The highest BCUT2D eigenvalue weighted by molar-refractivity contribution is 9.10. The molecule has 21 heavy (non-hydrogen) atoms. The van der Waals surface area contributed by atoms with Crippen LogP contribution >= 0.6 is 27.3 Å². The van der Waals surface area contributed by atoms with Crippen molar-refractivity contribution in [1.29, 1.82) is 0 Å². The summed E-state index contributed by atoms with van der Waals surface area (Å²) in [4.78, 5) is 1.27. The molecule has 0 spiro atoms. The largest absolute Gasteiger partial charge is 0.507 e. The quantitative estimate of drug-likeness (QED) is 0.667. The van der Waals surface area contributed by atoms with Gasteiger partial charge in [0.25, 0.3) is 0 Å². The van der Waals surface area contributed by atoms with Gasteiger partial charge in [-0.3, -0.25) is 0 Å². The highest BCUT2D eigenvalue weighted by atomic mass is 79.9. The Kier molecular flexibility index (Phi) is 4.29. The molecule has 0 radical (unpaired) electrons. The van der Waals surface area contributed by atoms with Crippen molar-refractivity contribution in [1.82, 2.24) is 5.32 Å². The normalized spacial score (nSPS) is 12.7. The highest BCUT2D eigenvalue weighted by Gasteiger charge is 2.13. The second kappa shape index (κ2) is 6.18. The van der Waals surface area contributed by atoms with E-state index in [4.69, 9.17) is 0 Å². The minimum atomic E-state index is 0.0867. The fraction of sp³-hybridized carbons (Fsp3) is 0.176. The molecule has 0 amide bonds. The third-order valence-corrected chi connectivity index (χ3v) is 5.58. The van der Waals surface area contributed by atoms with Crippen LogP contribution in [0.25, 0.3) is 10.8 Å². The summed E-state index contributed by atoms with van der Waals surface area (Å²) < 4.78 is 1.13. The predicted octanol–water partition coefficient (Wildman–Crippen LogP) is 5.22. The minimum Gasteiger partial charge on any atom is -0.507 e. The zero-order valence-corrected chi connectivity index (χ0v) is 14.0. The summed E-state index contributed by atoms with van der Waals surface area (Å²) in [5.74, 6) is 0.373. The highest BCUT2D eigenvalue weighted by Crippen LogP contribution is 2.32. The number of phenols is 1. The first kappa shape index (κ1) is 14.6. The van der Waals surface area contributed by atoms with E-state index < -0.39 is 0 Å². The number of benzene rings is 2. The van der Waals surface area contributed by atoms with Crippen molar-refractivity contribution >= 4 is 38.0 Å². The molecule has 0 aliphatic rings. The molecule has 0 bridgehead atoms. The molecule has 0 saturated heterocycles. The van der Waals surface area contributed by atoms with E-state index >= 15 is 0 Å². The van der Waals surface area contributed by atoms with Gasteiger partial charge in [-0.2, -0.15) is 0 Å². The molecule has 0 aliphatic heterocycles. The van der Waals surface area contributed by atoms with Crippen LogP contribution in [0.2, 0.25) is 0 Å². The molecule has 3 aromatic rings. The summed E-state index contributed by atoms with van der Waals surface area (Å²) in [7, 11) is 0. The molecule has 0 aliphatic carbocycles. The zero-order chi connectivity index (χ0) is 14.8. The summed E-state index contributed by atoms with van der Waals surface area (Å²) in [5, 5.41) is 18.0. The van der Waals surface area contributed by atoms with Crippen LogP contribution in [0.5, 0.6) is 5.75 Å². The lowest BCUT2D eigenvalue weighted by Gasteiger charge is -2.16. The zero-order valence-electron chi connectivity index (χ0n) is 11.6. The number of hydrogen-bond acceptors (Lipinski definition) is 3. The average molecular weight is 362 g/mol. The maximum absolute atomic E-state index is 10.5. The second-order valence-corrected chi connectivity index (χ2v) is 6.87. The lowest BCUT2D eigenvalue weighted by Crippen LogP contribution is -2.17. The van der Waals surface area contributed by atoms with Gasteiger partial charge < -0.3 is 10.4 Å². The van der Waals surface area contributed by atoms with E-state index in [1.54, 1.807) is 11.3 Å². The summed E-state index contributed by atoms with van der Waals surface area (Å²) in [6, 6.07) is 14.1. The first-order valence-corrected chi connectivity index (χ1v) is 8.50. The fourth-order valence-electron chi connectivity index (χ4n) is 2.43. The minimum absolute atomic E-state index is 0.0867. The molecule has 108 valence electrons. The maximum Gasteiger partial charge on any atom is 0.128 e. The van der Waals surface area contributed by atoms with E-state index in [0.29, 0.717) is 5.75 Å². The van der Waals surface area contributed by atoms with Crippen LogP contribution < -0.4 is 5.32 Å². The van der Waals surface area contributed by atoms with Gasteiger partial charge in [0.2, 0.25) is 0 Å². The number of fused-ring (bicyclic) bond motifs is 1. The summed E-state index contributed by atoms with van der Waals surface area (Å²) in [6.45, 7) is 2.86. The molecule has 1 atom stereocenters. The van der Waals surface area contributed by atoms with Crippen molar-refractivity contribution in [3.05, 3.63) is 62.8 Å². The van der Waals surface area contributed by atoms with Gasteiger partial charge in [0, 0.05) is 32.9 Å². The number of nitrogens with one attached hydrogen (secondary N) is 1. The SMILES string of the molecule is CC(NCc1sccc1Br)c1ccc2ccccc2c1O. The van der Waals surface area contributed by atoms with Crippen molar-refractivity contribution in [2.24, 2.45) is 0 Å². The Hall–Kier alpha value is -1.36. The molecule has 4 heteroatoms. The average Bonchev–Trinajstić information content (AvgIpc) is 2.91. The van der Waals surface area contributed by atoms with Crippen molar-refractivity contribution < 1.29 is 5.11 Å². The molecule has 2 N–H and O–H groups in total. The predicted molar refractivity (Wildman–Crippen MR) is 92.9 cm³/mol. The Balaban J connectivity index is 1.83. The van der Waals surface area contributed by atoms with E-state index in [9.17, 15) is 5.11 Å². The van der Waals surface area contributed by atoms with E-state index in [1.165, 1.54) is 4.88 Å². The second-order valence-electron chi connectivity index (χ2n) is 5.02. The first-order valence-electron chi connectivity index (χ1n) is 6.82. The molecule has 1 heterocycles. The van der Waals surface area contributed by atoms with Gasteiger partial charge in [0.05, 0.1) is 0 Å². The van der Waals surface area contributed by atoms with Gasteiger partial charge in [-0.05, 0) is 39.7 Å². The summed E-state index contributed by atoms with van der Waals surface area (Å²) in [6.07, 6.45) is 0. The molecule has 2 nitrogen and oxygen atoms in total. The molecular weight excluding hydrogens is 346 g/mol. The lowest BCUT2D eigenvalue weighted by atomic mass is 10.0. The van der Waals surface area contributed by atoms with Gasteiger partial charge in [0.15, 0.2) is 0 Å². The van der Waals surface area contributed by atoms with Crippen LogP contribution in [0.15, 0.2) is 52.3 Å². The van der Waals surface area contributed by atoms with Crippen LogP contribution in [0.3, 0.4) is 0 Å². The Labute approximate surface area is 136 Å². The van der Waals surface area contributed by atoms with Gasteiger partial charge in [-0.15, -0.1) is 11.3 Å². The summed E-state index contributed by atoms with van der Waals surface area (Å²) >= 11 is 5.26. The van der Waals surface area contributed by atoms with E-state index in [0.717, 1.165) is 27.4 Å². The number of aromatic hydroxyl groups is 1. The number of halogens is 1. The van der Waals surface area contributed by atoms with Crippen LogP contribution in [-0.2, 0) is 6.54 Å². The number of thiophene rings is 1. The van der Waals surface area contributed by atoms with Crippen molar-refractivity contribution in [3.63, 3.8) is 0 Å². The van der Waals surface area contributed by atoms with Gasteiger partial charge in [-0.25, -0.2) is 0 Å². The lowest BCUT2D eigenvalue weighted by molar-refractivity contribution is 0.458. The molecule has 1 unspecified atom stereocenters. The molecule has 2 aromatic carbocycles. The van der Waals surface area contributed by atoms with E-state index in [-0.39, 0.29) is 6.04 Å². The van der Waals surface area contributed by atoms with Gasteiger partial charge in [0.1, 0.15) is 5.75 Å². The first-order chi connectivity index (χ1) is 10.2. The van der Waals surface area contributed by atoms with Crippen molar-refractivity contribution in [3.8, 4) is 5.75 Å². The molecular formula is C17H16BrNOS. The van der Waals surface area contributed by atoms with E-state index in [1.807, 2.05) is 30.3 Å². The maximum atomic E-state index is 10.5. The van der Waals surface area contributed by atoms with Crippen LogP contribution in [0.1, 0.15) is 23.4 Å². The van der Waals surface area contributed by atoms with Crippen molar-refractivity contribution in [2.45, 2.75) is 19.5 Å². The third-order valence-electron chi connectivity index (χ3n) is 3.66. The van der Waals surface area contributed by atoms with E-state index in [2.05, 4.69) is 45.7 Å². The number of rotatable bonds is 4. The Morgan fingerprint density at radius 1 is 1.19 bits per heavy atom. The Morgan fingerprint density at radius 3 is 2.76 bits per heavy atom. The Morgan fingerprint density at radius 2 is 2.00 bits per heavy atom. The van der Waals surface area contributed by atoms with Gasteiger partial charge in [-0.1, -0.05) is 36.4 Å². The number of phenolic OH excluding ortho intramolecular Hbond substituents is 1. The standard InChI is InChI=1S/C17H16BrNOS/c1-11(19-10-16-15(18)8-9-21-16)13-7-6-12-4-2-3-5-14(12)17(13)20/h2-9,11,19-20H,10H2,1H3. The Bertz CT molecular complexity index is 768.